The van der Waals surface area contributed by atoms with Gasteiger partial charge in [0.1, 0.15) is 0 Å². The number of benzene rings is 1. The summed E-state index contributed by atoms with van der Waals surface area (Å²) in [6.45, 7) is 4.92. The molecule has 2 fully saturated rings. The van der Waals surface area contributed by atoms with Gasteiger partial charge in [-0.05, 0) is 79.0 Å². The number of aryl methyl sites for hydroxylation is 1. The molecule has 2 radical (unpaired) electrons. The monoisotopic (exact) mass is 362 g/mol. The maximum Gasteiger partial charge on any atom is 0.159 e. The fraction of sp³-hybridized carbons (Fsp3) is 0.727. The summed E-state index contributed by atoms with van der Waals surface area (Å²) >= 11 is 0. The Morgan fingerprint density at radius 1 is 1.00 bits per heavy atom. The molecule has 0 amide bonds. The Morgan fingerprint density at radius 3 is 2.28 bits per heavy atom. The Hall–Kier alpha value is -0.703. The molecular formula is C22H32F2Si. The summed E-state index contributed by atoms with van der Waals surface area (Å²) in [7, 11) is 1.12. The Labute approximate surface area is 154 Å². The Kier molecular flexibility index (Phi) is 6.35. The summed E-state index contributed by atoms with van der Waals surface area (Å²) in [4.78, 5) is 0. The topological polar surface area (TPSA) is 0 Å². The predicted octanol–water partition coefficient (Wildman–Crippen LogP) is 6.82. The molecule has 3 rings (SSSR count). The van der Waals surface area contributed by atoms with Gasteiger partial charge in [-0.2, -0.15) is 0 Å². The summed E-state index contributed by atoms with van der Waals surface area (Å²) in [5.74, 6) is 0.225. The summed E-state index contributed by atoms with van der Waals surface area (Å²) in [5, 5.41) is 0. The second-order valence-electron chi connectivity index (χ2n) is 8.72. The molecule has 0 bridgehead atoms. The molecule has 0 nitrogen and oxygen atoms in total. The molecule has 25 heavy (non-hydrogen) atoms. The molecule has 0 atom stereocenters. The van der Waals surface area contributed by atoms with Crippen molar-refractivity contribution in [3.63, 3.8) is 0 Å². The van der Waals surface area contributed by atoms with Gasteiger partial charge in [-0.3, -0.25) is 0 Å². The average Bonchev–Trinajstić information content (AvgIpc) is 2.64. The molecule has 2 saturated carbocycles. The zero-order chi connectivity index (χ0) is 17.9. The second kappa shape index (κ2) is 8.33. The zero-order valence-electron chi connectivity index (χ0n) is 15.8. The second-order valence-corrected chi connectivity index (χ2v) is 10.1. The molecule has 0 aromatic heterocycles. The lowest BCUT2D eigenvalue weighted by atomic mass is 9.61. The molecule has 2 aliphatic carbocycles. The van der Waals surface area contributed by atoms with Gasteiger partial charge in [0, 0.05) is 9.52 Å². The van der Waals surface area contributed by atoms with Gasteiger partial charge in [0.25, 0.3) is 0 Å². The lowest BCUT2D eigenvalue weighted by Gasteiger charge is -2.46. The standard InChI is InChI=1S/C22H32F2Si/c1-22(13-11-19(25-2)12-14-22)18-8-5-16(6-9-18)3-4-17-7-10-20(23)21(24)15-17/h7,10,15-16,18-19H,3-6,8-9,11-14H2,1-2H3. The van der Waals surface area contributed by atoms with E-state index in [-0.39, 0.29) is 0 Å². The minimum absolute atomic E-state index is 0.585. The predicted molar refractivity (Wildman–Crippen MR) is 102 cm³/mol. The molecule has 0 spiro atoms. The van der Waals surface area contributed by atoms with Crippen molar-refractivity contribution in [1.82, 2.24) is 0 Å². The first kappa shape index (κ1) is 19.1. The molecule has 0 aliphatic heterocycles. The molecule has 0 saturated heterocycles. The van der Waals surface area contributed by atoms with Crippen molar-refractivity contribution in [2.45, 2.75) is 83.2 Å². The lowest BCUT2D eigenvalue weighted by molar-refractivity contribution is 0.0721. The van der Waals surface area contributed by atoms with Gasteiger partial charge in [-0.25, -0.2) is 8.78 Å². The van der Waals surface area contributed by atoms with Gasteiger partial charge in [-0.15, -0.1) is 0 Å². The molecule has 1 aromatic rings. The first-order valence-corrected chi connectivity index (χ1v) is 11.7. The van der Waals surface area contributed by atoms with Crippen molar-refractivity contribution in [2.75, 3.05) is 0 Å². The molecular weight excluding hydrogens is 330 g/mol. The van der Waals surface area contributed by atoms with E-state index in [9.17, 15) is 8.78 Å². The van der Waals surface area contributed by atoms with Crippen molar-refractivity contribution >= 4 is 9.52 Å². The fourth-order valence-electron chi connectivity index (χ4n) is 5.19. The van der Waals surface area contributed by atoms with Crippen molar-refractivity contribution < 1.29 is 8.78 Å². The van der Waals surface area contributed by atoms with Crippen LogP contribution in [-0.2, 0) is 6.42 Å². The van der Waals surface area contributed by atoms with Crippen LogP contribution < -0.4 is 0 Å². The van der Waals surface area contributed by atoms with Gasteiger partial charge in [0.15, 0.2) is 11.6 Å². The van der Waals surface area contributed by atoms with Crippen LogP contribution in [0.4, 0.5) is 8.78 Å². The third-order valence-corrected chi connectivity index (χ3v) is 8.59. The highest BCUT2D eigenvalue weighted by Gasteiger charge is 2.39. The molecule has 2 aliphatic rings. The van der Waals surface area contributed by atoms with Crippen molar-refractivity contribution in [3.05, 3.63) is 35.4 Å². The Balaban J connectivity index is 1.45. The van der Waals surface area contributed by atoms with Crippen LogP contribution in [0.25, 0.3) is 0 Å². The van der Waals surface area contributed by atoms with Crippen LogP contribution in [0, 0.1) is 28.9 Å². The molecule has 1 aromatic carbocycles. The van der Waals surface area contributed by atoms with E-state index in [1.54, 1.807) is 6.07 Å². The quantitative estimate of drug-likeness (QED) is 0.504. The minimum Gasteiger partial charge on any atom is -0.204 e. The van der Waals surface area contributed by atoms with E-state index in [0.717, 1.165) is 45.3 Å². The fourth-order valence-corrected chi connectivity index (χ4v) is 6.05. The average molecular weight is 363 g/mol. The van der Waals surface area contributed by atoms with E-state index in [1.165, 1.54) is 63.5 Å². The van der Waals surface area contributed by atoms with Crippen LogP contribution in [0.15, 0.2) is 18.2 Å². The van der Waals surface area contributed by atoms with Crippen LogP contribution in [0.5, 0.6) is 0 Å². The van der Waals surface area contributed by atoms with Crippen LogP contribution in [0.1, 0.15) is 70.3 Å². The van der Waals surface area contributed by atoms with E-state index in [4.69, 9.17) is 0 Å². The molecule has 0 unspecified atom stereocenters. The highest BCUT2D eigenvalue weighted by molar-refractivity contribution is 6.35. The minimum atomic E-state index is -0.740. The highest BCUT2D eigenvalue weighted by Crippen LogP contribution is 2.51. The normalized spacial score (nSPS) is 33.4. The van der Waals surface area contributed by atoms with E-state index in [0.29, 0.717) is 5.41 Å². The number of hydrogen-bond acceptors (Lipinski definition) is 0. The number of rotatable bonds is 5. The van der Waals surface area contributed by atoms with E-state index < -0.39 is 11.6 Å². The first-order chi connectivity index (χ1) is 12.0. The highest BCUT2D eigenvalue weighted by atomic mass is 28.2. The van der Waals surface area contributed by atoms with Crippen LogP contribution >= 0.6 is 0 Å². The zero-order valence-corrected chi connectivity index (χ0v) is 16.8. The number of halogens is 2. The summed E-state index contributed by atoms with van der Waals surface area (Å²) in [6.07, 6.45) is 13.1. The smallest absolute Gasteiger partial charge is 0.159 e. The Bertz CT molecular complexity index is 555. The Morgan fingerprint density at radius 2 is 1.68 bits per heavy atom. The van der Waals surface area contributed by atoms with Crippen LogP contribution in [0.3, 0.4) is 0 Å². The van der Waals surface area contributed by atoms with Gasteiger partial charge in [-0.1, -0.05) is 45.2 Å². The van der Waals surface area contributed by atoms with Crippen molar-refractivity contribution in [1.29, 1.82) is 0 Å². The maximum atomic E-state index is 13.3. The third-order valence-electron chi connectivity index (χ3n) is 7.19. The molecule has 0 heterocycles. The van der Waals surface area contributed by atoms with Crippen molar-refractivity contribution in [3.8, 4) is 0 Å². The van der Waals surface area contributed by atoms with E-state index in [2.05, 4.69) is 13.5 Å². The summed E-state index contributed by atoms with van der Waals surface area (Å²) in [6, 6.07) is 4.36. The molecule has 0 N–H and O–H groups in total. The lowest BCUT2D eigenvalue weighted by Crippen LogP contribution is -2.34. The summed E-state index contributed by atoms with van der Waals surface area (Å²) < 4.78 is 26.3. The third kappa shape index (κ3) is 4.72. The van der Waals surface area contributed by atoms with Gasteiger partial charge < -0.3 is 0 Å². The van der Waals surface area contributed by atoms with Crippen LogP contribution in [0.2, 0.25) is 12.1 Å². The maximum absolute atomic E-state index is 13.3. The molecule has 138 valence electrons. The SMILES string of the molecule is C[Si]C1CCC(C)(C2CCC(CCc3ccc(F)c(F)c3)CC2)CC1. The van der Waals surface area contributed by atoms with E-state index >= 15 is 0 Å². The molecule has 3 heteroatoms. The van der Waals surface area contributed by atoms with Crippen LogP contribution in [-0.4, -0.2) is 9.52 Å². The van der Waals surface area contributed by atoms with Crippen molar-refractivity contribution in [2.24, 2.45) is 17.3 Å². The first-order valence-electron chi connectivity index (χ1n) is 10.1. The number of hydrogen-bond donors (Lipinski definition) is 0. The largest absolute Gasteiger partial charge is 0.204 e. The van der Waals surface area contributed by atoms with Gasteiger partial charge >= 0.3 is 0 Å². The van der Waals surface area contributed by atoms with Gasteiger partial charge in [0.05, 0.1) is 0 Å². The van der Waals surface area contributed by atoms with E-state index in [1.807, 2.05) is 0 Å². The van der Waals surface area contributed by atoms with Gasteiger partial charge in [0.2, 0.25) is 0 Å². The summed E-state index contributed by atoms with van der Waals surface area (Å²) in [5.41, 5.74) is 2.52.